The first-order chi connectivity index (χ1) is 13.6. The van der Waals surface area contributed by atoms with Crippen LogP contribution in [0, 0.1) is 0 Å². The van der Waals surface area contributed by atoms with Gasteiger partial charge in [-0.05, 0) is 42.0 Å². The van der Waals surface area contributed by atoms with Crippen LogP contribution in [-0.4, -0.2) is 28.8 Å². The fraction of sp³-hybridized carbons (Fsp3) is 0.100. The Labute approximate surface area is 161 Å². The minimum Gasteiger partial charge on any atom is -0.497 e. The highest BCUT2D eigenvalue weighted by atomic mass is 16.5. The van der Waals surface area contributed by atoms with Crippen molar-refractivity contribution in [1.29, 1.82) is 0 Å². The second kappa shape index (κ2) is 7.36. The van der Waals surface area contributed by atoms with Gasteiger partial charge in [0.1, 0.15) is 17.4 Å². The number of hydrogen-bond acceptors (Lipinski definition) is 7. The van der Waals surface area contributed by atoms with E-state index >= 15 is 0 Å². The lowest BCUT2D eigenvalue weighted by atomic mass is 10.1. The van der Waals surface area contributed by atoms with Gasteiger partial charge in [-0.2, -0.15) is 4.98 Å². The molecule has 0 fully saturated rings. The third-order valence-corrected chi connectivity index (χ3v) is 4.28. The molecule has 28 heavy (non-hydrogen) atoms. The van der Waals surface area contributed by atoms with Crippen LogP contribution in [-0.2, 0) is 6.54 Å². The summed E-state index contributed by atoms with van der Waals surface area (Å²) in [4.78, 5) is 25.1. The monoisotopic (exact) mass is 374 g/mol. The molecule has 0 saturated heterocycles. The van der Waals surface area contributed by atoms with Crippen molar-refractivity contribution in [2.75, 3.05) is 18.2 Å². The number of methoxy groups -OCH3 is 1. The summed E-state index contributed by atoms with van der Waals surface area (Å²) < 4.78 is 5.17. The van der Waals surface area contributed by atoms with Crippen molar-refractivity contribution >= 4 is 29.2 Å². The Kier molecular flexibility index (Phi) is 4.59. The number of amides is 1. The molecule has 2 heterocycles. The summed E-state index contributed by atoms with van der Waals surface area (Å²) in [6, 6.07) is 14.5. The molecule has 1 aromatic heterocycles. The molecule has 0 aliphatic carbocycles. The number of nitrogen functional groups attached to an aromatic ring is 1. The van der Waals surface area contributed by atoms with E-state index in [1.165, 1.54) is 0 Å². The number of nitrogens with two attached hydrogens (primary N) is 1. The normalized spacial score (nSPS) is 12.1. The number of aliphatic imine (C=N–C) groups is 1. The van der Waals surface area contributed by atoms with Crippen molar-refractivity contribution in [3.05, 3.63) is 71.4 Å². The molecule has 8 nitrogen and oxygen atoms in total. The number of ether oxygens (including phenoxy) is 1. The van der Waals surface area contributed by atoms with E-state index in [-0.39, 0.29) is 11.9 Å². The van der Waals surface area contributed by atoms with Crippen LogP contribution in [0.5, 0.6) is 5.75 Å². The topological polar surface area (TPSA) is 115 Å². The minimum absolute atomic E-state index is 0.193. The van der Waals surface area contributed by atoms with Gasteiger partial charge >= 0.3 is 0 Å². The number of carbonyl (C=O) groups is 1. The van der Waals surface area contributed by atoms with Crippen LogP contribution < -0.4 is 21.1 Å². The third-order valence-electron chi connectivity index (χ3n) is 4.28. The lowest BCUT2D eigenvalue weighted by Crippen LogP contribution is -2.30. The van der Waals surface area contributed by atoms with Crippen LogP contribution in [0.2, 0.25) is 0 Å². The minimum atomic E-state index is -0.243. The number of anilines is 3. The first-order valence-corrected chi connectivity index (χ1v) is 8.61. The predicted molar refractivity (Wildman–Crippen MR) is 107 cm³/mol. The SMILES string of the molecule is COc1cccc(C(=O)NC2=NCc3ccc(Nc4ccnc(N)n4)cc32)c1. The Morgan fingerprint density at radius 3 is 2.89 bits per heavy atom. The fourth-order valence-electron chi connectivity index (χ4n) is 2.90. The van der Waals surface area contributed by atoms with Crippen molar-refractivity contribution in [2.24, 2.45) is 4.99 Å². The third kappa shape index (κ3) is 3.61. The molecule has 0 radical (unpaired) electrons. The zero-order chi connectivity index (χ0) is 19.5. The van der Waals surface area contributed by atoms with E-state index in [1.807, 2.05) is 18.2 Å². The number of nitrogens with one attached hydrogen (secondary N) is 2. The average molecular weight is 374 g/mol. The maximum atomic E-state index is 12.6. The summed E-state index contributed by atoms with van der Waals surface area (Å²) in [6.07, 6.45) is 1.58. The summed E-state index contributed by atoms with van der Waals surface area (Å²) in [7, 11) is 1.56. The number of amidine groups is 1. The van der Waals surface area contributed by atoms with Gasteiger partial charge in [0.05, 0.1) is 13.7 Å². The molecule has 1 aliphatic heterocycles. The van der Waals surface area contributed by atoms with Gasteiger partial charge in [-0.1, -0.05) is 12.1 Å². The maximum Gasteiger partial charge on any atom is 0.256 e. The van der Waals surface area contributed by atoms with Gasteiger partial charge in [-0.3, -0.25) is 9.79 Å². The second-order valence-corrected chi connectivity index (χ2v) is 6.15. The Balaban J connectivity index is 1.53. The average Bonchev–Trinajstić information content (AvgIpc) is 3.10. The summed E-state index contributed by atoms with van der Waals surface area (Å²) in [5.74, 6) is 1.70. The van der Waals surface area contributed by atoms with Gasteiger partial charge in [0.2, 0.25) is 5.95 Å². The number of hydrogen-bond donors (Lipinski definition) is 3. The van der Waals surface area contributed by atoms with E-state index in [9.17, 15) is 4.79 Å². The van der Waals surface area contributed by atoms with Crippen molar-refractivity contribution in [1.82, 2.24) is 15.3 Å². The van der Waals surface area contributed by atoms with Gasteiger partial charge in [-0.25, -0.2) is 4.98 Å². The Hall–Kier alpha value is -3.94. The molecule has 0 spiro atoms. The zero-order valence-electron chi connectivity index (χ0n) is 15.1. The Morgan fingerprint density at radius 2 is 2.07 bits per heavy atom. The van der Waals surface area contributed by atoms with Gasteiger partial charge in [0, 0.05) is 23.0 Å². The molecular weight excluding hydrogens is 356 g/mol. The zero-order valence-corrected chi connectivity index (χ0v) is 15.1. The number of carbonyl (C=O) groups excluding carboxylic acids is 1. The van der Waals surface area contributed by atoms with Gasteiger partial charge in [0.25, 0.3) is 5.91 Å². The highest BCUT2D eigenvalue weighted by Crippen LogP contribution is 2.24. The molecule has 0 unspecified atom stereocenters. The molecule has 0 atom stereocenters. The maximum absolute atomic E-state index is 12.6. The number of nitrogens with zero attached hydrogens (tertiary/aromatic N) is 3. The molecule has 1 amide bonds. The molecule has 4 rings (SSSR count). The van der Waals surface area contributed by atoms with Crippen LogP contribution >= 0.6 is 0 Å². The van der Waals surface area contributed by atoms with Crippen molar-refractivity contribution in [3.8, 4) is 5.75 Å². The van der Waals surface area contributed by atoms with E-state index in [4.69, 9.17) is 10.5 Å². The predicted octanol–water partition coefficient (Wildman–Crippen LogP) is 2.50. The number of aromatic nitrogens is 2. The molecule has 8 heteroatoms. The second-order valence-electron chi connectivity index (χ2n) is 6.15. The lowest BCUT2D eigenvalue weighted by Gasteiger charge is -2.10. The first kappa shape index (κ1) is 17.5. The standard InChI is InChI=1S/C20H18N6O2/c1-28-15-4-2-3-12(9-15)19(27)26-18-16-10-14(6-5-13(16)11-23-18)24-17-7-8-22-20(21)25-17/h2-10H,11H2,1H3,(H,23,26,27)(H3,21,22,24,25). The first-order valence-electron chi connectivity index (χ1n) is 8.61. The Bertz CT molecular complexity index is 1080. The van der Waals surface area contributed by atoms with E-state index in [2.05, 4.69) is 25.6 Å². The molecule has 0 saturated carbocycles. The molecule has 4 N–H and O–H groups in total. The van der Waals surface area contributed by atoms with E-state index < -0.39 is 0 Å². The molecule has 0 bridgehead atoms. The Morgan fingerprint density at radius 1 is 1.18 bits per heavy atom. The van der Waals surface area contributed by atoms with Crippen LogP contribution in [0.3, 0.4) is 0 Å². The summed E-state index contributed by atoms with van der Waals surface area (Å²) >= 11 is 0. The van der Waals surface area contributed by atoms with Gasteiger partial charge in [-0.15, -0.1) is 0 Å². The van der Waals surface area contributed by atoms with E-state index in [0.717, 1.165) is 16.8 Å². The summed E-state index contributed by atoms with van der Waals surface area (Å²) in [6.45, 7) is 0.518. The van der Waals surface area contributed by atoms with Crippen LogP contribution in [0.4, 0.5) is 17.5 Å². The smallest absolute Gasteiger partial charge is 0.256 e. The quantitative estimate of drug-likeness (QED) is 0.646. The fourth-order valence-corrected chi connectivity index (χ4v) is 2.90. The highest BCUT2D eigenvalue weighted by Gasteiger charge is 2.19. The van der Waals surface area contributed by atoms with Gasteiger partial charge < -0.3 is 21.1 Å². The molecule has 140 valence electrons. The van der Waals surface area contributed by atoms with Crippen LogP contribution in [0.25, 0.3) is 0 Å². The molecule has 3 aromatic rings. The van der Waals surface area contributed by atoms with Crippen LogP contribution in [0.1, 0.15) is 21.5 Å². The van der Waals surface area contributed by atoms with Crippen molar-refractivity contribution in [3.63, 3.8) is 0 Å². The summed E-state index contributed by atoms with van der Waals surface area (Å²) in [5, 5.41) is 6.06. The van der Waals surface area contributed by atoms with Crippen LogP contribution in [0.15, 0.2) is 59.7 Å². The largest absolute Gasteiger partial charge is 0.497 e. The lowest BCUT2D eigenvalue weighted by molar-refractivity contribution is 0.0977. The van der Waals surface area contributed by atoms with Crippen molar-refractivity contribution < 1.29 is 9.53 Å². The molecular formula is C20H18N6O2. The van der Waals surface area contributed by atoms with E-state index in [1.54, 1.807) is 43.6 Å². The highest BCUT2D eigenvalue weighted by molar-refractivity contribution is 6.14. The number of fused-ring (bicyclic) bond motifs is 1. The summed E-state index contributed by atoms with van der Waals surface area (Å²) in [5.41, 5.74) is 8.83. The molecule has 2 aromatic carbocycles. The van der Waals surface area contributed by atoms with E-state index in [0.29, 0.717) is 29.5 Å². The molecule has 1 aliphatic rings. The van der Waals surface area contributed by atoms with Crippen molar-refractivity contribution in [2.45, 2.75) is 6.54 Å². The number of benzene rings is 2. The number of rotatable bonds is 4. The van der Waals surface area contributed by atoms with Gasteiger partial charge in [0.15, 0.2) is 0 Å².